The van der Waals surface area contributed by atoms with Crippen LogP contribution in [-0.2, 0) is 4.79 Å². The Balaban J connectivity index is 1.79. The number of carbonyl (C=O) groups excluding carboxylic acids is 1. The van der Waals surface area contributed by atoms with Gasteiger partial charge in [-0.15, -0.1) is 0 Å². The zero-order valence-electron chi connectivity index (χ0n) is 10.7. The van der Waals surface area contributed by atoms with Crippen molar-refractivity contribution in [3.63, 3.8) is 0 Å². The molecule has 2 fully saturated rings. The van der Waals surface area contributed by atoms with Crippen molar-refractivity contribution in [2.75, 3.05) is 13.1 Å². The van der Waals surface area contributed by atoms with Crippen molar-refractivity contribution in [1.29, 1.82) is 0 Å². The first kappa shape index (κ1) is 12.8. The largest absolute Gasteiger partial charge is 0.388 e. The summed E-state index contributed by atoms with van der Waals surface area (Å²) in [7, 11) is 0. The quantitative estimate of drug-likeness (QED) is 0.683. The summed E-state index contributed by atoms with van der Waals surface area (Å²) in [6.45, 7) is 3.43. The van der Waals surface area contributed by atoms with E-state index in [2.05, 4.69) is 17.6 Å². The minimum atomic E-state index is -0.657. The van der Waals surface area contributed by atoms with E-state index in [-0.39, 0.29) is 11.9 Å². The molecular weight excluding hydrogens is 216 g/mol. The minimum absolute atomic E-state index is 0.0500. The van der Waals surface area contributed by atoms with Gasteiger partial charge in [0.05, 0.1) is 11.6 Å². The second kappa shape index (κ2) is 5.36. The average Bonchev–Trinajstić information content (AvgIpc) is 2.74. The Hall–Kier alpha value is -0.610. The standard InChI is InChI=1S/C13H24N2O2/c1-10-5-8-14-11(10)12(16)15-9-13(17)6-3-2-4-7-13/h10-11,14,17H,2-9H2,1H3,(H,15,16). The highest BCUT2D eigenvalue weighted by molar-refractivity contribution is 5.82. The Kier molecular flexibility index (Phi) is 4.05. The molecule has 1 heterocycles. The fraction of sp³-hybridized carbons (Fsp3) is 0.923. The van der Waals surface area contributed by atoms with Crippen molar-refractivity contribution in [2.45, 2.75) is 57.1 Å². The number of aliphatic hydroxyl groups is 1. The van der Waals surface area contributed by atoms with Crippen molar-refractivity contribution in [3.05, 3.63) is 0 Å². The van der Waals surface area contributed by atoms with Crippen LogP contribution in [-0.4, -0.2) is 35.7 Å². The highest BCUT2D eigenvalue weighted by Crippen LogP contribution is 2.27. The third-order valence-corrected chi connectivity index (χ3v) is 4.19. The summed E-state index contributed by atoms with van der Waals surface area (Å²) in [4.78, 5) is 12.0. The SMILES string of the molecule is CC1CCNC1C(=O)NCC1(O)CCCCC1. The number of amides is 1. The third kappa shape index (κ3) is 3.19. The van der Waals surface area contributed by atoms with Crippen LogP contribution in [0.25, 0.3) is 0 Å². The van der Waals surface area contributed by atoms with E-state index < -0.39 is 5.60 Å². The lowest BCUT2D eigenvalue weighted by Crippen LogP contribution is -2.50. The smallest absolute Gasteiger partial charge is 0.237 e. The topological polar surface area (TPSA) is 61.4 Å². The first-order valence-electron chi connectivity index (χ1n) is 6.84. The van der Waals surface area contributed by atoms with Gasteiger partial charge in [0.2, 0.25) is 5.91 Å². The maximum absolute atomic E-state index is 12.0. The molecular formula is C13H24N2O2. The molecule has 4 heteroatoms. The molecule has 2 atom stereocenters. The monoisotopic (exact) mass is 240 g/mol. The van der Waals surface area contributed by atoms with Crippen molar-refractivity contribution < 1.29 is 9.90 Å². The molecule has 0 radical (unpaired) electrons. The molecule has 2 aliphatic rings. The number of hydrogen-bond acceptors (Lipinski definition) is 3. The molecule has 17 heavy (non-hydrogen) atoms. The normalized spacial score (nSPS) is 32.4. The van der Waals surface area contributed by atoms with Crippen LogP contribution in [0.2, 0.25) is 0 Å². The summed E-state index contributed by atoms with van der Waals surface area (Å²) >= 11 is 0. The van der Waals surface area contributed by atoms with Crippen molar-refractivity contribution in [2.24, 2.45) is 5.92 Å². The predicted molar refractivity (Wildman–Crippen MR) is 66.6 cm³/mol. The van der Waals surface area contributed by atoms with Gasteiger partial charge in [0.25, 0.3) is 0 Å². The lowest BCUT2D eigenvalue weighted by atomic mass is 9.85. The summed E-state index contributed by atoms with van der Waals surface area (Å²) < 4.78 is 0. The van der Waals surface area contributed by atoms with Gasteiger partial charge in [0.1, 0.15) is 0 Å². The summed E-state index contributed by atoms with van der Waals surface area (Å²) in [6.07, 6.45) is 6.05. The Bertz CT molecular complexity index is 275. The van der Waals surface area contributed by atoms with Gasteiger partial charge in [-0.2, -0.15) is 0 Å². The van der Waals surface area contributed by atoms with Gasteiger partial charge in [0, 0.05) is 6.54 Å². The van der Waals surface area contributed by atoms with E-state index in [0.717, 1.165) is 38.6 Å². The molecule has 3 N–H and O–H groups in total. The summed E-state index contributed by atoms with van der Waals surface area (Å²) in [5, 5.41) is 16.4. The molecule has 0 aromatic carbocycles. The molecule has 2 rings (SSSR count). The number of carbonyl (C=O) groups is 1. The van der Waals surface area contributed by atoms with Crippen LogP contribution in [0.3, 0.4) is 0 Å². The molecule has 2 unspecified atom stereocenters. The van der Waals surface area contributed by atoms with E-state index in [4.69, 9.17) is 0 Å². The van der Waals surface area contributed by atoms with Crippen LogP contribution in [0, 0.1) is 5.92 Å². The zero-order valence-corrected chi connectivity index (χ0v) is 10.7. The molecule has 98 valence electrons. The average molecular weight is 240 g/mol. The third-order valence-electron chi connectivity index (χ3n) is 4.19. The van der Waals surface area contributed by atoms with E-state index in [9.17, 15) is 9.90 Å². The van der Waals surface area contributed by atoms with Crippen molar-refractivity contribution in [3.8, 4) is 0 Å². The molecule has 1 aliphatic carbocycles. The zero-order chi connectivity index (χ0) is 12.3. The molecule has 1 aliphatic heterocycles. The molecule has 0 aromatic rings. The van der Waals surface area contributed by atoms with Crippen LogP contribution in [0.1, 0.15) is 45.4 Å². The van der Waals surface area contributed by atoms with E-state index in [1.807, 2.05) is 0 Å². The first-order valence-corrected chi connectivity index (χ1v) is 6.84. The van der Waals surface area contributed by atoms with Crippen LogP contribution >= 0.6 is 0 Å². The fourth-order valence-electron chi connectivity index (χ4n) is 2.93. The molecule has 1 amide bonds. The Morgan fingerprint density at radius 2 is 2.12 bits per heavy atom. The second-order valence-electron chi connectivity index (χ2n) is 5.70. The highest BCUT2D eigenvalue weighted by atomic mass is 16.3. The first-order chi connectivity index (χ1) is 8.11. The van der Waals surface area contributed by atoms with Crippen LogP contribution < -0.4 is 10.6 Å². The Morgan fingerprint density at radius 3 is 2.71 bits per heavy atom. The van der Waals surface area contributed by atoms with E-state index in [1.54, 1.807) is 0 Å². The van der Waals surface area contributed by atoms with E-state index in [1.165, 1.54) is 6.42 Å². The van der Waals surface area contributed by atoms with Crippen LogP contribution in [0.4, 0.5) is 0 Å². The summed E-state index contributed by atoms with van der Waals surface area (Å²) in [5.41, 5.74) is -0.657. The molecule has 0 spiro atoms. The summed E-state index contributed by atoms with van der Waals surface area (Å²) in [6, 6.07) is -0.0674. The lowest BCUT2D eigenvalue weighted by molar-refractivity contribution is -0.125. The van der Waals surface area contributed by atoms with Gasteiger partial charge in [0.15, 0.2) is 0 Å². The highest BCUT2D eigenvalue weighted by Gasteiger charge is 2.33. The van der Waals surface area contributed by atoms with Crippen LogP contribution in [0.15, 0.2) is 0 Å². The summed E-state index contributed by atoms with van der Waals surface area (Å²) in [5.74, 6) is 0.449. The molecule has 4 nitrogen and oxygen atoms in total. The predicted octanol–water partition coefficient (Wildman–Crippen LogP) is 0.796. The minimum Gasteiger partial charge on any atom is -0.388 e. The van der Waals surface area contributed by atoms with Gasteiger partial charge >= 0.3 is 0 Å². The van der Waals surface area contributed by atoms with Gasteiger partial charge in [-0.05, 0) is 31.7 Å². The molecule has 1 saturated carbocycles. The van der Waals surface area contributed by atoms with E-state index in [0.29, 0.717) is 12.5 Å². The maximum atomic E-state index is 12.0. The van der Waals surface area contributed by atoms with Crippen molar-refractivity contribution in [1.82, 2.24) is 10.6 Å². The fourth-order valence-corrected chi connectivity index (χ4v) is 2.93. The maximum Gasteiger partial charge on any atom is 0.237 e. The molecule has 1 saturated heterocycles. The number of rotatable bonds is 3. The van der Waals surface area contributed by atoms with Crippen LogP contribution in [0.5, 0.6) is 0 Å². The van der Waals surface area contributed by atoms with Gasteiger partial charge < -0.3 is 15.7 Å². The van der Waals surface area contributed by atoms with Gasteiger partial charge in [-0.1, -0.05) is 26.2 Å². The van der Waals surface area contributed by atoms with Gasteiger partial charge in [-0.3, -0.25) is 4.79 Å². The molecule has 0 bridgehead atoms. The Labute approximate surface area is 103 Å². The second-order valence-corrected chi connectivity index (χ2v) is 5.70. The number of nitrogens with one attached hydrogen (secondary N) is 2. The van der Waals surface area contributed by atoms with E-state index >= 15 is 0 Å². The number of hydrogen-bond donors (Lipinski definition) is 3. The van der Waals surface area contributed by atoms with Gasteiger partial charge in [-0.25, -0.2) is 0 Å². The van der Waals surface area contributed by atoms with Crippen molar-refractivity contribution >= 4 is 5.91 Å². The Morgan fingerprint density at radius 1 is 1.41 bits per heavy atom. The molecule has 0 aromatic heterocycles. The lowest BCUT2D eigenvalue weighted by Gasteiger charge is -2.32.